The van der Waals surface area contributed by atoms with Gasteiger partial charge < -0.3 is 25.7 Å². The largest absolute Gasteiger partial charge is 0.409 e. The van der Waals surface area contributed by atoms with Crippen molar-refractivity contribution in [3.05, 3.63) is 35.9 Å². The Hall–Kier alpha value is -2.12. The molecule has 21 heavy (non-hydrogen) atoms. The minimum atomic E-state index is -0.839. The van der Waals surface area contributed by atoms with Crippen LogP contribution in [0.3, 0.4) is 0 Å². The van der Waals surface area contributed by atoms with Gasteiger partial charge >= 0.3 is 0 Å². The molecule has 1 amide bonds. The van der Waals surface area contributed by atoms with E-state index >= 15 is 0 Å². The van der Waals surface area contributed by atoms with Crippen LogP contribution in [-0.2, 0) is 9.53 Å². The topological polar surface area (TPSA) is 108 Å². The van der Waals surface area contributed by atoms with E-state index in [2.05, 4.69) is 5.16 Å². The second-order valence-corrected chi connectivity index (χ2v) is 4.83. The summed E-state index contributed by atoms with van der Waals surface area (Å²) < 4.78 is 5.33. The van der Waals surface area contributed by atoms with E-state index in [0.717, 1.165) is 0 Å². The zero-order valence-electron chi connectivity index (χ0n) is 11.6. The Bertz CT molecular complexity index is 506. The van der Waals surface area contributed by atoms with Gasteiger partial charge in [-0.2, -0.15) is 0 Å². The standard InChI is InChI=1S/C14H19N3O4/c15-13(16-20)12(10-4-2-1-3-5-10)14(19)17-6-7-21-11(8-17)9-18/h1-5,11-12,18,20H,6-9H2,(H2,15,16). The smallest absolute Gasteiger partial charge is 0.238 e. The third kappa shape index (κ3) is 3.50. The second-order valence-electron chi connectivity index (χ2n) is 4.83. The van der Waals surface area contributed by atoms with Gasteiger partial charge in [0.1, 0.15) is 5.92 Å². The van der Waals surface area contributed by atoms with Crippen molar-refractivity contribution in [3.8, 4) is 0 Å². The van der Waals surface area contributed by atoms with E-state index in [-0.39, 0.29) is 24.9 Å². The average Bonchev–Trinajstić information content (AvgIpc) is 2.55. The molecule has 114 valence electrons. The van der Waals surface area contributed by atoms with Crippen molar-refractivity contribution in [2.24, 2.45) is 10.9 Å². The van der Waals surface area contributed by atoms with Gasteiger partial charge in [-0.3, -0.25) is 4.79 Å². The Morgan fingerprint density at radius 1 is 1.48 bits per heavy atom. The molecule has 2 rings (SSSR count). The summed E-state index contributed by atoms with van der Waals surface area (Å²) in [6.07, 6.45) is -0.397. The van der Waals surface area contributed by atoms with Crippen molar-refractivity contribution < 1.29 is 19.8 Å². The van der Waals surface area contributed by atoms with Crippen LogP contribution in [0.1, 0.15) is 11.5 Å². The molecular formula is C14H19N3O4. The Labute approximate surface area is 122 Å². The van der Waals surface area contributed by atoms with Gasteiger partial charge in [-0.1, -0.05) is 35.5 Å². The predicted molar refractivity (Wildman–Crippen MR) is 76.0 cm³/mol. The molecule has 7 nitrogen and oxygen atoms in total. The highest BCUT2D eigenvalue weighted by atomic mass is 16.5. The van der Waals surface area contributed by atoms with Crippen LogP contribution in [0.2, 0.25) is 0 Å². The van der Waals surface area contributed by atoms with Crippen LogP contribution in [0.4, 0.5) is 0 Å². The number of nitrogens with zero attached hydrogens (tertiary/aromatic N) is 2. The van der Waals surface area contributed by atoms with Crippen molar-refractivity contribution >= 4 is 11.7 Å². The average molecular weight is 293 g/mol. The number of morpholine rings is 1. The van der Waals surface area contributed by atoms with Crippen LogP contribution >= 0.6 is 0 Å². The first-order valence-corrected chi connectivity index (χ1v) is 6.71. The summed E-state index contributed by atoms with van der Waals surface area (Å²) in [5, 5.41) is 21.1. The lowest BCUT2D eigenvalue weighted by atomic mass is 9.96. The number of amidine groups is 1. The molecule has 0 bridgehead atoms. The molecule has 0 aliphatic carbocycles. The maximum Gasteiger partial charge on any atom is 0.238 e. The summed E-state index contributed by atoms with van der Waals surface area (Å²) in [6.45, 7) is 0.909. The summed E-state index contributed by atoms with van der Waals surface area (Å²) in [6, 6.07) is 8.91. The quantitative estimate of drug-likeness (QED) is 0.307. The van der Waals surface area contributed by atoms with Gasteiger partial charge in [0.05, 0.1) is 19.3 Å². The highest BCUT2D eigenvalue weighted by molar-refractivity contribution is 6.07. The lowest BCUT2D eigenvalue weighted by Gasteiger charge is -2.34. The Morgan fingerprint density at radius 2 is 2.19 bits per heavy atom. The molecule has 0 spiro atoms. The van der Waals surface area contributed by atoms with E-state index in [0.29, 0.717) is 18.7 Å². The lowest BCUT2D eigenvalue weighted by molar-refractivity contribution is -0.140. The molecule has 1 aromatic rings. The van der Waals surface area contributed by atoms with Gasteiger partial charge in [-0.05, 0) is 5.56 Å². The van der Waals surface area contributed by atoms with Crippen molar-refractivity contribution in [1.82, 2.24) is 4.90 Å². The summed E-state index contributed by atoms with van der Waals surface area (Å²) in [4.78, 5) is 14.2. The van der Waals surface area contributed by atoms with Crippen LogP contribution < -0.4 is 5.73 Å². The highest BCUT2D eigenvalue weighted by Crippen LogP contribution is 2.20. The predicted octanol–water partition coefficient (Wildman–Crippen LogP) is -0.264. The molecule has 1 aromatic carbocycles. The van der Waals surface area contributed by atoms with E-state index in [9.17, 15) is 4.79 Å². The number of carbonyl (C=O) groups is 1. The molecule has 0 aromatic heterocycles. The number of amides is 1. The summed E-state index contributed by atoms with van der Waals surface area (Å²) in [7, 11) is 0. The van der Waals surface area contributed by atoms with Gasteiger partial charge in [0.25, 0.3) is 0 Å². The van der Waals surface area contributed by atoms with Crippen molar-refractivity contribution in [1.29, 1.82) is 0 Å². The van der Waals surface area contributed by atoms with E-state index in [4.69, 9.17) is 20.8 Å². The van der Waals surface area contributed by atoms with E-state index in [1.165, 1.54) is 0 Å². The van der Waals surface area contributed by atoms with Crippen molar-refractivity contribution in [2.45, 2.75) is 12.0 Å². The Morgan fingerprint density at radius 3 is 2.81 bits per heavy atom. The van der Waals surface area contributed by atoms with Gasteiger partial charge in [0.2, 0.25) is 5.91 Å². The number of rotatable bonds is 4. The van der Waals surface area contributed by atoms with E-state index < -0.39 is 12.0 Å². The number of nitrogens with two attached hydrogens (primary N) is 1. The molecule has 1 heterocycles. The molecule has 1 saturated heterocycles. The molecule has 0 saturated carbocycles. The number of hydrogen-bond donors (Lipinski definition) is 3. The third-order valence-corrected chi connectivity index (χ3v) is 3.45. The molecule has 7 heteroatoms. The third-order valence-electron chi connectivity index (χ3n) is 3.45. The normalized spacial score (nSPS) is 21.1. The number of carbonyl (C=O) groups excluding carboxylic acids is 1. The zero-order chi connectivity index (χ0) is 15.2. The SMILES string of the molecule is N/C(=N/O)C(C(=O)N1CCOC(CO)C1)c1ccccc1. The number of aliphatic hydroxyl groups is 1. The monoisotopic (exact) mass is 293 g/mol. The fourth-order valence-corrected chi connectivity index (χ4v) is 2.36. The number of benzene rings is 1. The molecule has 1 fully saturated rings. The molecule has 0 radical (unpaired) electrons. The first-order valence-electron chi connectivity index (χ1n) is 6.71. The van der Waals surface area contributed by atoms with Gasteiger partial charge in [-0.15, -0.1) is 0 Å². The number of aliphatic hydroxyl groups excluding tert-OH is 1. The molecule has 4 N–H and O–H groups in total. The molecule has 1 aliphatic heterocycles. The molecular weight excluding hydrogens is 274 g/mol. The first kappa shape index (κ1) is 15.3. The highest BCUT2D eigenvalue weighted by Gasteiger charge is 2.32. The Balaban J connectivity index is 2.23. The van der Waals surface area contributed by atoms with Crippen LogP contribution in [0.5, 0.6) is 0 Å². The van der Waals surface area contributed by atoms with E-state index in [1.54, 1.807) is 29.2 Å². The Kier molecular flexibility index (Phi) is 5.13. The van der Waals surface area contributed by atoms with Gasteiger partial charge in [0, 0.05) is 13.1 Å². The molecule has 2 unspecified atom stereocenters. The zero-order valence-corrected chi connectivity index (χ0v) is 11.6. The van der Waals surface area contributed by atoms with Crippen molar-refractivity contribution in [3.63, 3.8) is 0 Å². The fraction of sp³-hybridized carbons (Fsp3) is 0.429. The van der Waals surface area contributed by atoms with Crippen molar-refractivity contribution in [2.75, 3.05) is 26.3 Å². The van der Waals surface area contributed by atoms with Crippen LogP contribution in [-0.4, -0.2) is 59.4 Å². The fourth-order valence-electron chi connectivity index (χ4n) is 2.36. The molecule has 2 atom stereocenters. The van der Waals surface area contributed by atoms with Gasteiger partial charge in [-0.25, -0.2) is 0 Å². The summed E-state index contributed by atoms with van der Waals surface area (Å²) in [5.74, 6) is -1.26. The number of hydrogen-bond acceptors (Lipinski definition) is 5. The van der Waals surface area contributed by atoms with Crippen LogP contribution in [0.15, 0.2) is 35.5 Å². The maximum atomic E-state index is 12.7. The molecule has 1 aliphatic rings. The van der Waals surface area contributed by atoms with Crippen LogP contribution in [0, 0.1) is 0 Å². The second kappa shape index (κ2) is 7.05. The van der Waals surface area contributed by atoms with Gasteiger partial charge in [0.15, 0.2) is 5.84 Å². The minimum Gasteiger partial charge on any atom is -0.409 e. The number of oxime groups is 1. The first-order chi connectivity index (χ1) is 10.2. The minimum absolute atomic E-state index is 0.149. The number of ether oxygens (including phenoxy) is 1. The maximum absolute atomic E-state index is 12.7. The van der Waals surface area contributed by atoms with Crippen LogP contribution in [0.25, 0.3) is 0 Å². The summed E-state index contributed by atoms with van der Waals surface area (Å²) >= 11 is 0. The van der Waals surface area contributed by atoms with E-state index in [1.807, 2.05) is 6.07 Å². The summed E-state index contributed by atoms with van der Waals surface area (Å²) in [5.41, 5.74) is 6.35. The lowest BCUT2D eigenvalue weighted by Crippen LogP contribution is -2.50.